The van der Waals surface area contributed by atoms with E-state index in [1.54, 1.807) is 12.1 Å². The zero-order valence-electron chi connectivity index (χ0n) is 17.5. The Kier molecular flexibility index (Phi) is 5.98. The van der Waals surface area contributed by atoms with Crippen LogP contribution >= 0.6 is 0 Å². The van der Waals surface area contributed by atoms with E-state index in [-0.39, 0.29) is 16.2 Å². The van der Waals surface area contributed by atoms with Crippen molar-refractivity contribution in [2.75, 3.05) is 11.9 Å². The Morgan fingerprint density at radius 3 is 2.43 bits per heavy atom. The molecule has 0 aromatic heterocycles. The van der Waals surface area contributed by atoms with Gasteiger partial charge in [-0.25, -0.2) is 4.83 Å². The largest absolute Gasteiger partial charge is 0.352 e. The second-order valence-corrected chi connectivity index (χ2v) is 9.34. The minimum Gasteiger partial charge on any atom is -0.352 e. The minimum atomic E-state index is -3.78. The number of fused-ring (bicyclic) bond motifs is 1. The Hall–Kier alpha value is -3.13. The number of allylic oxidation sites excluding steroid dienone is 2. The number of para-hydroxylation sites is 1. The van der Waals surface area contributed by atoms with E-state index in [1.165, 1.54) is 30.8 Å². The quantitative estimate of drug-likeness (QED) is 0.549. The Morgan fingerprint density at radius 2 is 1.80 bits per heavy atom. The number of sulfonamides is 1. The number of likely N-dealkylation sites (N-methyl/N-ethyl adjacent to an activating group) is 1. The van der Waals surface area contributed by atoms with Gasteiger partial charge in [-0.15, -0.1) is 0 Å². The lowest BCUT2D eigenvalue weighted by atomic mass is 9.84. The highest BCUT2D eigenvalue weighted by Crippen LogP contribution is 2.46. The molecule has 0 saturated heterocycles. The van der Waals surface area contributed by atoms with E-state index in [0.717, 1.165) is 16.9 Å². The number of hydrogen-bond acceptors (Lipinski definition) is 5. The molecule has 1 aliphatic heterocycles. The third-order valence-electron chi connectivity index (χ3n) is 5.20. The lowest BCUT2D eigenvalue weighted by Gasteiger charge is -2.23. The molecule has 0 spiro atoms. The van der Waals surface area contributed by atoms with Crippen LogP contribution in [0.5, 0.6) is 0 Å². The van der Waals surface area contributed by atoms with Gasteiger partial charge >= 0.3 is 0 Å². The van der Waals surface area contributed by atoms with Gasteiger partial charge in [0, 0.05) is 43.5 Å². The van der Waals surface area contributed by atoms with Crippen molar-refractivity contribution in [3.8, 4) is 0 Å². The van der Waals surface area contributed by atoms with E-state index in [0.29, 0.717) is 6.54 Å². The number of benzene rings is 2. The number of amides is 1. The molecular weight excluding hydrogens is 400 g/mol. The molecule has 158 valence electrons. The maximum Gasteiger partial charge on any atom is 0.276 e. The average Bonchev–Trinajstić information content (AvgIpc) is 2.90. The highest BCUT2D eigenvalue weighted by atomic mass is 32.2. The van der Waals surface area contributed by atoms with Gasteiger partial charge in [0.25, 0.3) is 10.0 Å². The molecular formula is C22H26N4O3S. The van der Waals surface area contributed by atoms with Crippen molar-refractivity contribution >= 4 is 27.8 Å². The smallest absolute Gasteiger partial charge is 0.276 e. The Morgan fingerprint density at radius 1 is 1.13 bits per heavy atom. The molecule has 3 rings (SSSR count). The summed E-state index contributed by atoms with van der Waals surface area (Å²) < 4.78 is 24.9. The lowest BCUT2D eigenvalue weighted by molar-refractivity contribution is -0.119. The van der Waals surface area contributed by atoms with Crippen LogP contribution in [-0.4, -0.2) is 27.6 Å². The van der Waals surface area contributed by atoms with Crippen molar-refractivity contribution in [1.29, 1.82) is 0 Å². The number of anilines is 1. The summed E-state index contributed by atoms with van der Waals surface area (Å²) in [5.41, 5.74) is 3.96. The van der Waals surface area contributed by atoms with Gasteiger partial charge in [0.2, 0.25) is 5.91 Å². The first-order valence-corrected chi connectivity index (χ1v) is 11.0. The fraction of sp³-hybridized carbons (Fsp3) is 0.273. The van der Waals surface area contributed by atoms with E-state index in [9.17, 15) is 13.2 Å². The topological polar surface area (TPSA) is 90.9 Å². The first-order valence-electron chi connectivity index (χ1n) is 9.55. The zero-order valence-corrected chi connectivity index (χ0v) is 18.3. The third-order valence-corrected chi connectivity index (χ3v) is 6.43. The van der Waals surface area contributed by atoms with Gasteiger partial charge < -0.3 is 10.2 Å². The van der Waals surface area contributed by atoms with Gasteiger partial charge in [-0.3, -0.25) is 4.79 Å². The Labute approximate surface area is 177 Å². The van der Waals surface area contributed by atoms with Crippen LogP contribution < -0.4 is 15.0 Å². The molecule has 0 fully saturated rings. The van der Waals surface area contributed by atoms with Crippen molar-refractivity contribution in [2.45, 2.75) is 37.6 Å². The molecule has 2 aromatic rings. The number of rotatable bonds is 6. The fourth-order valence-electron chi connectivity index (χ4n) is 3.58. The van der Waals surface area contributed by atoms with Gasteiger partial charge in [-0.05, 0) is 35.4 Å². The highest BCUT2D eigenvalue weighted by Gasteiger charge is 2.37. The molecule has 0 unspecified atom stereocenters. The van der Waals surface area contributed by atoms with Crippen molar-refractivity contribution in [2.24, 2.45) is 5.10 Å². The molecule has 1 aliphatic rings. The highest BCUT2D eigenvalue weighted by molar-refractivity contribution is 7.89. The number of nitrogens with zero attached hydrogens (tertiary/aromatic N) is 2. The molecule has 0 saturated carbocycles. The van der Waals surface area contributed by atoms with Crippen LogP contribution in [0.25, 0.3) is 0 Å². The van der Waals surface area contributed by atoms with E-state index in [2.05, 4.69) is 46.1 Å². The molecule has 2 N–H and O–H groups in total. The summed E-state index contributed by atoms with van der Waals surface area (Å²) in [6, 6.07) is 14.5. The summed E-state index contributed by atoms with van der Waals surface area (Å²) in [7, 11) is -1.79. The second-order valence-electron chi connectivity index (χ2n) is 7.68. The maximum absolute atomic E-state index is 12.5. The average molecular weight is 427 g/mol. The van der Waals surface area contributed by atoms with Gasteiger partial charge in [-0.1, -0.05) is 44.2 Å². The van der Waals surface area contributed by atoms with Crippen LogP contribution in [0, 0.1) is 0 Å². The fourth-order valence-corrected chi connectivity index (χ4v) is 4.37. The molecule has 7 nitrogen and oxygen atoms in total. The Bertz CT molecular complexity index is 1100. The number of carbonyl (C=O) groups excluding carboxylic acids is 1. The first-order chi connectivity index (χ1) is 14.1. The van der Waals surface area contributed by atoms with Crippen LogP contribution in [0.4, 0.5) is 5.69 Å². The minimum absolute atomic E-state index is 0.101. The number of hydrogen-bond donors (Lipinski definition) is 2. The third kappa shape index (κ3) is 4.38. The number of carbonyl (C=O) groups is 1. The van der Waals surface area contributed by atoms with Gasteiger partial charge in [0.1, 0.15) is 0 Å². The van der Waals surface area contributed by atoms with Gasteiger partial charge in [-0.2, -0.15) is 13.5 Å². The maximum atomic E-state index is 12.5. The molecule has 0 aliphatic carbocycles. The van der Waals surface area contributed by atoms with Crippen LogP contribution in [0.1, 0.15) is 31.9 Å². The normalized spacial score (nSPS) is 16.7. The molecule has 30 heavy (non-hydrogen) atoms. The van der Waals surface area contributed by atoms with E-state index in [4.69, 9.17) is 0 Å². The molecule has 1 heterocycles. The Balaban J connectivity index is 1.70. The molecule has 8 heteroatoms. The summed E-state index contributed by atoms with van der Waals surface area (Å²) in [6.07, 6.45) is 3.28. The van der Waals surface area contributed by atoms with Crippen LogP contribution in [0.15, 0.2) is 70.3 Å². The molecule has 2 aromatic carbocycles. The predicted octanol–water partition coefficient (Wildman–Crippen LogP) is 2.90. The molecule has 1 amide bonds. The standard InChI is InChI=1S/C22H26N4O3S/c1-16(27)23-15-17-9-11-18(12-10-17)30(28,29)25-24-14-13-21-22(2,3)19-7-5-6-8-20(19)26(21)4/h5-14,25H,15H2,1-4H3,(H,23,27)/b21-13-,24-14+. The molecule has 0 bridgehead atoms. The van der Waals surface area contributed by atoms with Crippen molar-refractivity contribution in [3.63, 3.8) is 0 Å². The van der Waals surface area contributed by atoms with E-state index in [1.807, 2.05) is 25.3 Å². The molecule has 0 atom stereocenters. The lowest BCUT2D eigenvalue weighted by Crippen LogP contribution is -2.23. The number of nitrogens with one attached hydrogen (secondary N) is 2. The first kappa shape index (κ1) is 21.6. The SMILES string of the molecule is CC(=O)NCc1ccc(S(=O)(=O)N/N=C/C=C2\N(C)c3ccccc3C2(C)C)cc1. The van der Waals surface area contributed by atoms with E-state index >= 15 is 0 Å². The van der Waals surface area contributed by atoms with Gasteiger partial charge in [0.05, 0.1) is 4.90 Å². The molecule has 0 radical (unpaired) electrons. The summed E-state index contributed by atoms with van der Waals surface area (Å²) in [5.74, 6) is -0.143. The van der Waals surface area contributed by atoms with Gasteiger partial charge in [0.15, 0.2) is 0 Å². The summed E-state index contributed by atoms with van der Waals surface area (Å²) >= 11 is 0. The number of hydrazone groups is 1. The van der Waals surface area contributed by atoms with Crippen molar-refractivity contribution in [3.05, 3.63) is 71.4 Å². The van der Waals surface area contributed by atoms with Crippen molar-refractivity contribution in [1.82, 2.24) is 10.1 Å². The summed E-state index contributed by atoms with van der Waals surface area (Å²) in [5, 5.41) is 6.57. The summed E-state index contributed by atoms with van der Waals surface area (Å²) in [4.78, 5) is 15.4. The van der Waals surface area contributed by atoms with Crippen LogP contribution in [0.2, 0.25) is 0 Å². The monoisotopic (exact) mass is 426 g/mol. The van der Waals surface area contributed by atoms with Crippen LogP contribution in [0.3, 0.4) is 0 Å². The zero-order chi connectivity index (χ0) is 21.9. The van der Waals surface area contributed by atoms with E-state index < -0.39 is 10.0 Å². The van der Waals surface area contributed by atoms with Crippen molar-refractivity contribution < 1.29 is 13.2 Å². The van der Waals surface area contributed by atoms with Crippen LogP contribution in [-0.2, 0) is 26.8 Å². The second kappa shape index (κ2) is 8.31. The summed E-state index contributed by atoms with van der Waals surface area (Å²) in [6.45, 7) is 6.03. The predicted molar refractivity (Wildman–Crippen MR) is 119 cm³/mol.